The van der Waals surface area contributed by atoms with Crippen LogP contribution in [0.3, 0.4) is 0 Å². The molecule has 1 aliphatic rings. The van der Waals surface area contributed by atoms with E-state index in [0.717, 1.165) is 11.3 Å². The molecular weight excluding hydrogens is 419 g/mol. The monoisotopic (exact) mass is 440 g/mol. The van der Waals surface area contributed by atoms with Crippen LogP contribution >= 0.6 is 11.6 Å². The fourth-order valence-electron chi connectivity index (χ4n) is 3.62. The van der Waals surface area contributed by atoms with Crippen molar-refractivity contribution in [3.05, 3.63) is 81.4 Å². The number of carbonyl (C=O) groups is 1. The van der Waals surface area contributed by atoms with Crippen LogP contribution in [-0.2, 0) is 16.2 Å². The molecule has 1 amide bonds. The average Bonchev–Trinajstić information content (AvgIpc) is 3.31. The second-order valence-electron chi connectivity index (χ2n) is 7.55. The van der Waals surface area contributed by atoms with Gasteiger partial charge >= 0.3 is 0 Å². The molecule has 0 saturated heterocycles. The molecule has 4 rings (SSSR count). The first-order valence-electron chi connectivity index (χ1n) is 9.91. The normalized spacial score (nSPS) is 15.5. The Balaban J connectivity index is 1.47. The molecule has 6 nitrogen and oxygen atoms in total. The molecule has 0 saturated carbocycles. The van der Waals surface area contributed by atoms with Crippen LogP contribution in [0.25, 0.3) is 0 Å². The van der Waals surface area contributed by atoms with E-state index >= 15 is 0 Å². The summed E-state index contributed by atoms with van der Waals surface area (Å²) in [7, 11) is 0. The van der Waals surface area contributed by atoms with Crippen LogP contribution in [0.15, 0.2) is 47.6 Å². The number of amides is 1. The van der Waals surface area contributed by atoms with Gasteiger partial charge in [0.15, 0.2) is 0 Å². The van der Waals surface area contributed by atoms with Crippen molar-refractivity contribution in [2.24, 2.45) is 5.16 Å². The number of hydrogen-bond donors (Lipinski definition) is 1. The van der Waals surface area contributed by atoms with Crippen molar-refractivity contribution < 1.29 is 14.0 Å². The number of halogens is 2. The third kappa shape index (κ3) is 4.18. The quantitative estimate of drug-likeness (QED) is 0.620. The first-order chi connectivity index (χ1) is 14.8. The third-order valence-corrected chi connectivity index (χ3v) is 5.74. The Bertz CT molecular complexity index is 1170. The highest BCUT2D eigenvalue weighted by atomic mass is 35.5. The van der Waals surface area contributed by atoms with Gasteiger partial charge in [-0.2, -0.15) is 5.10 Å². The largest absolute Gasteiger partial charge is 0.382 e. The number of nitrogens with zero attached hydrogens (tertiary/aromatic N) is 3. The maximum absolute atomic E-state index is 14.2. The van der Waals surface area contributed by atoms with Crippen molar-refractivity contribution in [2.45, 2.75) is 39.8 Å². The second-order valence-corrected chi connectivity index (χ2v) is 7.96. The van der Waals surface area contributed by atoms with Gasteiger partial charge in [-0.3, -0.25) is 9.48 Å². The van der Waals surface area contributed by atoms with Crippen molar-refractivity contribution in [3.8, 4) is 0 Å². The number of nitrogens with one attached hydrogen (secondary N) is 1. The lowest BCUT2D eigenvalue weighted by Gasteiger charge is -2.11. The lowest BCUT2D eigenvalue weighted by Crippen LogP contribution is -2.28. The number of anilines is 1. The molecule has 2 heterocycles. The van der Waals surface area contributed by atoms with Crippen molar-refractivity contribution >= 4 is 28.9 Å². The fraction of sp³-hybridized carbons (Fsp3) is 0.261. The number of rotatable bonds is 5. The fourth-order valence-corrected chi connectivity index (χ4v) is 3.90. The molecule has 0 bridgehead atoms. The lowest BCUT2D eigenvalue weighted by atomic mass is 10.0. The number of carbonyl (C=O) groups excluding carboxylic acids is 1. The van der Waals surface area contributed by atoms with Crippen LogP contribution < -0.4 is 5.32 Å². The molecular formula is C23H22ClFN4O2. The van der Waals surface area contributed by atoms with E-state index in [4.69, 9.17) is 16.4 Å². The smallest absolute Gasteiger partial charge is 0.268 e. The van der Waals surface area contributed by atoms with Gasteiger partial charge in [-0.15, -0.1) is 0 Å². The molecule has 1 unspecified atom stereocenters. The van der Waals surface area contributed by atoms with Crippen LogP contribution in [0.1, 0.15) is 34.5 Å². The van der Waals surface area contributed by atoms with Gasteiger partial charge in [0.1, 0.15) is 5.82 Å². The summed E-state index contributed by atoms with van der Waals surface area (Å²) in [6.07, 6.45) is -0.744. The first-order valence-corrected chi connectivity index (χ1v) is 10.3. The van der Waals surface area contributed by atoms with Crippen LogP contribution in [-0.4, -0.2) is 27.5 Å². The number of oxime groups is 1. The topological polar surface area (TPSA) is 68.5 Å². The van der Waals surface area contributed by atoms with E-state index in [1.807, 2.05) is 30.7 Å². The van der Waals surface area contributed by atoms with E-state index in [1.54, 1.807) is 6.07 Å². The molecule has 0 aliphatic carbocycles. The van der Waals surface area contributed by atoms with Crippen molar-refractivity contribution in [2.75, 3.05) is 5.32 Å². The summed E-state index contributed by atoms with van der Waals surface area (Å²) in [5, 5.41) is 11.6. The second kappa shape index (κ2) is 8.51. The Morgan fingerprint density at radius 3 is 2.74 bits per heavy atom. The number of benzene rings is 2. The molecule has 2 aromatic carbocycles. The summed E-state index contributed by atoms with van der Waals surface area (Å²) in [6, 6.07) is 12.5. The maximum atomic E-state index is 14.2. The van der Waals surface area contributed by atoms with Gasteiger partial charge < -0.3 is 10.2 Å². The van der Waals surface area contributed by atoms with Crippen LogP contribution in [0.2, 0.25) is 5.02 Å². The number of aromatic nitrogens is 2. The zero-order valence-corrected chi connectivity index (χ0v) is 18.2. The Kier molecular flexibility index (Phi) is 5.78. The predicted octanol–water partition coefficient (Wildman–Crippen LogP) is 4.78. The molecule has 0 spiro atoms. The molecule has 1 aliphatic heterocycles. The van der Waals surface area contributed by atoms with Crippen molar-refractivity contribution in [1.29, 1.82) is 0 Å². The Hall–Kier alpha value is -3.19. The predicted molar refractivity (Wildman–Crippen MR) is 118 cm³/mol. The zero-order chi connectivity index (χ0) is 22.1. The maximum Gasteiger partial charge on any atom is 0.268 e. The molecule has 0 radical (unpaired) electrons. The van der Waals surface area contributed by atoms with E-state index in [9.17, 15) is 9.18 Å². The minimum Gasteiger partial charge on any atom is -0.382 e. The summed E-state index contributed by atoms with van der Waals surface area (Å²) in [4.78, 5) is 18.1. The van der Waals surface area contributed by atoms with E-state index in [2.05, 4.69) is 34.6 Å². The molecule has 1 aromatic heterocycles. The molecule has 8 heteroatoms. The number of hydrogen-bond acceptors (Lipinski definition) is 4. The van der Waals surface area contributed by atoms with E-state index in [0.29, 0.717) is 23.6 Å². The summed E-state index contributed by atoms with van der Waals surface area (Å²) in [6.45, 7) is 6.41. The highest BCUT2D eigenvalue weighted by Crippen LogP contribution is 2.27. The molecule has 0 fully saturated rings. The third-order valence-electron chi connectivity index (χ3n) is 5.42. The molecule has 1 atom stereocenters. The summed E-state index contributed by atoms with van der Waals surface area (Å²) in [5.41, 5.74) is 4.99. The molecule has 3 aromatic rings. The highest BCUT2D eigenvalue weighted by Gasteiger charge is 2.32. The molecule has 160 valence electrons. The van der Waals surface area contributed by atoms with Gasteiger partial charge in [0.2, 0.25) is 6.10 Å². The minimum atomic E-state index is -0.871. The standard InChI is InChI=1S/C23H22ClFN4O2/c1-13-7-4-5-8-16(13)12-29-15(3)22(14(2)27-29)26-23(30)20-11-19(28-31-20)21-17(24)9-6-10-18(21)25/h4-10,20H,11-12H2,1-3H3,(H,26,30). The van der Waals surface area contributed by atoms with E-state index in [-0.39, 0.29) is 22.9 Å². The summed E-state index contributed by atoms with van der Waals surface area (Å²) in [5.74, 6) is -0.868. The van der Waals surface area contributed by atoms with Crippen molar-refractivity contribution in [3.63, 3.8) is 0 Å². The summed E-state index contributed by atoms with van der Waals surface area (Å²) >= 11 is 6.10. The molecule has 31 heavy (non-hydrogen) atoms. The Morgan fingerprint density at radius 1 is 1.23 bits per heavy atom. The van der Waals surface area contributed by atoms with Gasteiger partial charge in [-0.05, 0) is 44.0 Å². The van der Waals surface area contributed by atoms with Gasteiger partial charge in [-0.1, -0.05) is 47.1 Å². The van der Waals surface area contributed by atoms with E-state index < -0.39 is 11.9 Å². The first kappa shape index (κ1) is 21.1. The number of aryl methyl sites for hydroxylation is 2. The SMILES string of the molecule is Cc1ccccc1Cn1nc(C)c(NC(=O)C2CC(c3c(F)cccc3Cl)=NO2)c1C. The van der Waals surface area contributed by atoms with Gasteiger partial charge in [-0.25, -0.2) is 4.39 Å². The van der Waals surface area contributed by atoms with Crippen LogP contribution in [0.5, 0.6) is 0 Å². The Morgan fingerprint density at radius 2 is 2.00 bits per heavy atom. The average molecular weight is 441 g/mol. The van der Waals surface area contributed by atoms with Crippen molar-refractivity contribution in [1.82, 2.24) is 9.78 Å². The molecule has 1 N–H and O–H groups in total. The van der Waals surface area contributed by atoms with Gasteiger partial charge in [0.05, 0.1) is 39.9 Å². The van der Waals surface area contributed by atoms with Gasteiger partial charge in [0, 0.05) is 6.42 Å². The lowest BCUT2D eigenvalue weighted by molar-refractivity contribution is -0.125. The minimum absolute atomic E-state index is 0.127. The van der Waals surface area contributed by atoms with Crippen LogP contribution in [0.4, 0.5) is 10.1 Å². The zero-order valence-electron chi connectivity index (χ0n) is 17.4. The Labute approximate surface area is 184 Å². The highest BCUT2D eigenvalue weighted by molar-refractivity contribution is 6.34. The van der Waals surface area contributed by atoms with Crippen LogP contribution in [0, 0.1) is 26.6 Å². The summed E-state index contributed by atoms with van der Waals surface area (Å²) < 4.78 is 16.0. The van der Waals surface area contributed by atoms with E-state index in [1.165, 1.54) is 17.7 Å². The van der Waals surface area contributed by atoms with Gasteiger partial charge in [0.25, 0.3) is 5.91 Å².